The minimum Gasteiger partial charge on any atom is -0.311 e. The van der Waals surface area contributed by atoms with Crippen LogP contribution in [-0.4, -0.2) is 30.1 Å². The SMILES string of the molecule is CCCC1CN(Cc2cccc(Br)c2)C(C)CN1. The van der Waals surface area contributed by atoms with E-state index in [2.05, 4.69) is 64.3 Å². The Morgan fingerprint density at radius 2 is 2.28 bits per heavy atom. The maximum atomic E-state index is 3.65. The molecule has 0 radical (unpaired) electrons. The Morgan fingerprint density at radius 1 is 1.44 bits per heavy atom. The highest BCUT2D eigenvalue weighted by Gasteiger charge is 2.24. The molecule has 1 aromatic rings. The number of piperazine rings is 1. The van der Waals surface area contributed by atoms with E-state index in [1.807, 2.05) is 0 Å². The van der Waals surface area contributed by atoms with Crippen molar-refractivity contribution in [2.75, 3.05) is 13.1 Å². The Hall–Kier alpha value is -0.380. The summed E-state index contributed by atoms with van der Waals surface area (Å²) >= 11 is 3.55. The summed E-state index contributed by atoms with van der Waals surface area (Å²) in [6.45, 7) is 7.91. The molecule has 0 amide bonds. The van der Waals surface area contributed by atoms with E-state index in [1.165, 1.54) is 29.4 Å². The predicted molar refractivity (Wildman–Crippen MR) is 80.7 cm³/mol. The molecule has 1 aliphatic rings. The summed E-state index contributed by atoms with van der Waals surface area (Å²) in [5, 5.41) is 3.65. The molecule has 0 spiro atoms. The monoisotopic (exact) mass is 310 g/mol. The Balaban J connectivity index is 1.98. The zero-order valence-corrected chi connectivity index (χ0v) is 12.9. The fourth-order valence-electron chi connectivity index (χ4n) is 2.63. The van der Waals surface area contributed by atoms with Gasteiger partial charge in [0.05, 0.1) is 0 Å². The zero-order chi connectivity index (χ0) is 13.0. The van der Waals surface area contributed by atoms with Crippen molar-refractivity contribution in [1.82, 2.24) is 10.2 Å². The first-order valence-corrected chi connectivity index (χ1v) is 7.70. The van der Waals surface area contributed by atoms with Gasteiger partial charge in [-0.25, -0.2) is 0 Å². The highest BCUT2D eigenvalue weighted by Crippen LogP contribution is 2.17. The van der Waals surface area contributed by atoms with E-state index >= 15 is 0 Å². The lowest BCUT2D eigenvalue weighted by Gasteiger charge is -2.39. The van der Waals surface area contributed by atoms with E-state index in [9.17, 15) is 0 Å². The molecule has 1 saturated heterocycles. The maximum absolute atomic E-state index is 3.65. The Kier molecular flexibility index (Phi) is 5.22. The van der Waals surface area contributed by atoms with Gasteiger partial charge in [0.25, 0.3) is 0 Å². The van der Waals surface area contributed by atoms with Crippen LogP contribution in [0.5, 0.6) is 0 Å². The van der Waals surface area contributed by atoms with E-state index in [4.69, 9.17) is 0 Å². The largest absolute Gasteiger partial charge is 0.311 e. The molecule has 1 fully saturated rings. The molecule has 1 heterocycles. The van der Waals surface area contributed by atoms with Crippen molar-refractivity contribution >= 4 is 15.9 Å². The van der Waals surface area contributed by atoms with Gasteiger partial charge >= 0.3 is 0 Å². The maximum Gasteiger partial charge on any atom is 0.0238 e. The van der Waals surface area contributed by atoms with Gasteiger partial charge in [0.2, 0.25) is 0 Å². The zero-order valence-electron chi connectivity index (χ0n) is 11.3. The van der Waals surface area contributed by atoms with Crippen LogP contribution in [0.3, 0.4) is 0 Å². The van der Waals surface area contributed by atoms with Crippen LogP contribution in [0.25, 0.3) is 0 Å². The molecule has 1 aromatic carbocycles. The first-order chi connectivity index (χ1) is 8.69. The third-order valence-electron chi connectivity index (χ3n) is 3.69. The molecule has 1 aliphatic heterocycles. The normalized spacial score (nSPS) is 25.3. The van der Waals surface area contributed by atoms with Crippen LogP contribution >= 0.6 is 15.9 Å². The summed E-state index contributed by atoms with van der Waals surface area (Å²) in [6, 6.07) is 9.94. The second kappa shape index (κ2) is 6.69. The highest BCUT2D eigenvalue weighted by atomic mass is 79.9. The third kappa shape index (κ3) is 3.81. The molecule has 2 nitrogen and oxygen atoms in total. The molecule has 0 saturated carbocycles. The average Bonchev–Trinajstić information content (AvgIpc) is 2.34. The van der Waals surface area contributed by atoms with Gasteiger partial charge in [-0.2, -0.15) is 0 Å². The van der Waals surface area contributed by atoms with Gasteiger partial charge in [0.15, 0.2) is 0 Å². The fourth-order valence-corrected chi connectivity index (χ4v) is 3.07. The van der Waals surface area contributed by atoms with E-state index < -0.39 is 0 Å². The summed E-state index contributed by atoms with van der Waals surface area (Å²) in [5.41, 5.74) is 1.40. The summed E-state index contributed by atoms with van der Waals surface area (Å²) in [5.74, 6) is 0. The number of halogens is 1. The standard InChI is InChI=1S/C15H23BrN2/c1-3-5-15-11-18(12(2)9-17-15)10-13-6-4-7-14(16)8-13/h4,6-8,12,15,17H,3,5,9-11H2,1-2H3. The van der Waals surface area contributed by atoms with Gasteiger partial charge in [-0.15, -0.1) is 0 Å². The molecule has 0 aromatic heterocycles. The van der Waals surface area contributed by atoms with Crippen molar-refractivity contribution in [2.45, 2.75) is 45.3 Å². The summed E-state index contributed by atoms with van der Waals surface area (Å²) in [6.07, 6.45) is 2.54. The molecule has 0 bridgehead atoms. The molecule has 18 heavy (non-hydrogen) atoms. The van der Waals surface area contributed by atoms with Crippen LogP contribution in [-0.2, 0) is 6.54 Å². The minimum absolute atomic E-state index is 0.622. The molecule has 100 valence electrons. The van der Waals surface area contributed by atoms with Crippen molar-refractivity contribution in [2.24, 2.45) is 0 Å². The van der Waals surface area contributed by atoms with Crippen LogP contribution in [0.2, 0.25) is 0 Å². The lowest BCUT2D eigenvalue weighted by Crippen LogP contribution is -2.54. The molecule has 2 rings (SSSR count). The number of nitrogens with one attached hydrogen (secondary N) is 1. The number of nitrogens with zero attached hydrogens (tertiary/aromatic N) is 1. The van der Waals surface area contributed by atoms with Crippen LogP contribution in [0.4, 0.5) is 0 Å². The van der Waals surface area contributed by atoms with Crippen LogP contribution in [0, 0.1) is 0 Å². The Morgan fingerprint density at radius 3 is 3.00 bits per heavy atom. The molecule has 2 unspecified atom stereocenters. The smallest absolute Gasteiger partial charge is 0.0238 e. The topological polar surface area (TPSA) is 15.3 Å². The molecular weight excluding hydrogens is 288 g/mol. The van der Waals surface area contributed by atoms with Gasteiger partial charge in [0.1, 0.15) is 0 Å². The summed E-state index contributed by atoms with van der Waals surface area (Å²) in [7, 11) is 0. The number of hydrogen-bond donors (Lipinski definition) is 1. The van der Waals surface area contributed by atoms with Crippen LogP contribution in [0.15, 0.2) is 28.7 Å². The van der Waals surface area contributed by atoms with Crippen LogP contribution in [0.1, 0.15) is 32.3 Å². The Bertz CT molecular complexity index is 381. The second-order valence-electron chi connectivity index (χ2n) is 5.30. The molecule has 2 atom stereocenters. The average molecular weight is 311 g/mol. The van der Waals surface area contributed by atoms with Crippen molar-refractivity contribution in [3.63, 3.8) is 0 Å². The van der Waals surface area contributed by atoms with Crippen molar-refractivity contribution in [3.05, 3.63) is 34.3 Å². The van der Waals surface area contributed by atoms with Gasteiger partial charge in [-0.1, -0.05) is 41.4 Å². The van der Waals surface area contributed by atoms with Gasteiger partial charge in [-0.3, -0.25) is 4.90 Å². The third-order valence-corrected chi connectivity index (χ3v) is 4.19. The molecule has 0 aliphatic carbocycles. The molecular formula is C15H23BrN2. The molecule has 3 heteroatoms. The van der Waals surface area contributed by atoms with Crippen LogP contribution < -0.4 is 5.32 Å². The minimum atomic E-state index is 0.622. The quantitative estimate of drug-likeness (QED) is 0.917. The predicted octanol–water partition coefficient (Wildman–Crippen LogP) is 3.41. The number of hydrogen-bond acceptors (Lipinski definition) is 2. The van der Waals surface area contributed by atoms with Crippen molar-refractivity contribution in [3.8, 4) is 0 Å². The number of benzene rings is 1. The first-order valence-electron chi connectivity index (χ1n) is 6.91. The van der Waals surface area contributed by atoms with E-state index in [-0.39, 0.29) is 0 Å². The van der Waals surface area contributed by atoms with E-state index in [1.54, 1.807) is 0 Å². The second-order valence-corrected chi connectivity index (χ2v) is 6.22. The summed E-state index contributed by atoms with van der Waals surface area (Å²) in [4.78, 5) is 2.60. The van der Waals surface area contributed by atoms with E-state index in [0.717, 1.165) is 13.1 Å². The first kappa shape index (κ1) is 14.0. The van der Waals surface area contributed by atoms with Gasteiger partial charge < -0.3 is 5.32 Å². The molecule has 1 N–H and O–H groups in total. The lowest BCUT2D eigenvalue weighted by molar-refractivity contribution is 0.129. The Labute approximate surface area is 119 Å². The van der Waals surface area contributed by atoms with Crippen molar-refractivity contribution in [1.29, 1.82) is 0 Å². The van der Waals surface area contributed by atoms with Gasteiger partial charge in [-0.05, 0) is 31.0 Å². The highest BCUT2D eigenvalue weighted by molar-refractivity contribution is 9.10. The van der Waals surface area contributed by atoms with Gasteiger partial charge in [0, 0.05) is 36.2 Å². The summed E-state index contributed by atoms with van der Waals surface area (Å²) < 4.78 is 1.17. The lowest BCUT2D eigenvalue weighted by atomic mass is 10.0. The number of rotatable bonds is 4. The fraction of sp³-hybridized carbons (Fsp3) is 0.600. The van der Waals surface area contributed by atoms with E-state index in [0.29, 0.717) is 12.1 Å². The van der Waals surface area contributed by atoms with Crippen molar-refractivity contribution < 1.29 is 0 Å².